The minimum Gasteiger partial charge on any atom is -0.341 e. The van der Waals surface area contributed by atoms with Crippen molar-refractivity contribution in [3.8, 4) is 0 Å². The van der Waals surface area contributed by atoms with Crippen LogP contribution in [0.1, 0.15) is 49.3 Å². The fourth-order valence-corrected chi connectivity index (χ4v) is 4.18. The molecule has 0 spiro atoms. The van der Waals surface area contributed by atoms with Crippen LogP contribution in [0.2, 0.25) is 0 Å². The van der Waals surface area contributed by atoms with Crippen molar-refractivity contribution < 1.29 is 22.4 Å². The average Bonchev–Trinajstić information content (AvgIpc) is 3.25. The van der Waals surface area contributed by atoms with Crippen molar-refractivity contribution in [1.29, 1.82) is 0 Å². The molecule has 1 saturated heterocycles. The number of likely N-dealkylation sites (tertiary alicyclic amines) is 1. The van der Waals surface area contributed by atoms with Gasteiger partial charge in [-0.3, -0.25) is 9.36 Å². The van der Waals surface area contributed by atoms with Crippen LogP contribution >= 0.6 is 0 Å². The fraction of sp³-hybridized carbons (Fsp3) is 0.579. The third-order valence-electron chi connectivity index (χ3n) is 5.71. The largest absolute Gasteiger partial charge is 0.436 e. The maximum absolute atomic E-state index is 14.3. The van der Waals surface area contributed by atoms with E-state index in [2.05, 4.69) is 17.0 Å². The zero-order chi connectivity index (χ0) is 21.6. The van der Waals surface area contributed by atoms with Crippen LogP contribution in [0.5, 0.6) is 0 Å². The van der Waals surface area contributed by atoms with E-state index in [-0.39, 0.29) is 11.5 Å². The van der Waals surface area contributed by atoms with Gasteiger partial charge in [0.25, 0.3) is 0 Å². The molecule has 11 heteroatoms. The lowest BCUT2D eigenvalue weighted by Gasteiger charge is -2.27. The number of amides is 1. The van der Waals surface area contributed by atoms with E-state index in [1.54, 1.807) is 4.90 Å². The highest BCUT2D eigenvalue weighted by atomic mass is 19.4. The summed E-state index contributed by atoms with van der Waals surface area (Å²) in [6, 6.07) is 0.400. The number of aromatic nitrogens is 4. The van der Waals surface area contributed by atoms with Crippen LogP contribution in [0.15, 0.2) is 17.1 Å². The van der Waals surface area contributed by atoms with Crippen molar-refractivity contribution in [2.75, 3.05) is 13.1 Å². The number of nitrogens with zero attached hydrogens (tertiary/aromatic N) is 5. The summed E-state index contributed by atoms with van der Waals surface area (Å²) < 4.78 is 55.3. The monoisotopic (exact) mass is 427 g/mol. The van der Waals surface area contributed by atoms with Crippen LogP contribution in [0.3, 0.4) is 0 Å². The Morgan fingerprint density at radius 3 is 2.73 bits per heavy atom. The molecule has 1 amide bonds. The van der Waals surface area contributed by atoms with Gasteiger partial charge in [0, 0.05) is 31.3 Å². The zero-order valence-electron chi connectivity index (χ0n) is 16.3. The minimum atomic E-state index is -4.94. The van der Waals surface area contributed by atoms with E-state index < -0.39 is 36.0 Å². The molecule has 0 N–H and O–H groups in total. The van der Waals surface area contributed by atoms with Crippen LogP contribution in [-0.2, 0) is 23.9 Å². The van der Waals surface area contributed by atoms with Gasteiger partial charge in [-0.05, 0) is 31.2 Å². The van der Waals surface area contributed by atoms with Crippen LogP contribution in [0, 0.1) is 11.7 Å². The molecule has 4 rings (SSSR count). The van der Waals surface area contributed by atoms with Crippen molar-refractivity contribution in [2.24, 2.45) is 5.92 Å². The Morgan fingerprint density at radius 2 is 2.07 bits per heavy atom. The third kappa shape index (κ3) is 3.61. The Morgan fingerprint density at radius 1 is 1.30 bits per heavy atom. The maximum Gasteiger partial charge on any atom is 0.436 e. The van der Waals surface area contributed by atoms with Gasteiger partial charge in [0.2, 0.25) is 5.91 Å². The van der Waals surface area contributed by atoms with Crippen molar-refractivity contribution in [1.82, 2.24) is 24.2 Å². The number of fused-ring (bicyclic) bond motifs is 1. The van der Waals surface area contributed by atoms with Crippen molar-refractivity contribution >= 4 is 5.91 Å². The summed E-state index contributed by atoms with van der Waals surface area (Å²) >= 11 is 0. The normalized spacial score (nSPS) is 21.7. The van der Waals surface area contributed by atoms with Crippen LogP contribution in [-0.4, -0.2) is 43.2 Å². The number of pyridine rings is 1. The van der Waals surface area contributed by atoms with E-state index in [1.807, 2.05) is 0 Å². The third-order valence-corrected chi connectivity index (χ3v) is 5.71. The van der Waals surface area contributed by atoms with Gasteiger partial charge >= 0.3 is 11.9 Å². The molecule has 2 aliphatic heterocycles. The summed E-state index contributed by atoms with van der Waals surface area (Å²) in [6.07, 6.45) is -1.56. The lowest BCUT2D eigenvalue weighted by molar-refractivity contribution is -0.143. The van der Waals surface area contributed by atoms with E-state index in [0.717, 1.165) is 23.4 Å². The number of alkyl halides is 3. The zero-order valence-corrected chi connectivity index (χ0v) is 16.3. The van der Waals surface area contributed by atoms with E-state index in [9.17, 15) is 27.2 Å². The van der Waals surface area contributed by atoms with Gasteiger partial charge in [-0.1, -0.05) is 6.92 Å². The molecule has 4 heterocycles. The first-order valence-electron chi connectivity index (χ1n) is 9.84. The Bertz CT molecular complexity index is 1030. The topological polar surface area (TPSA) is 73.0 Å². The number of aryl methyl sites for hydroxylation is 1. The Kier molecular flexibility index (Phi) is 5.15. The number of rotatable bonds is 3. The predicted octanol–water partition coefficient (Wildman–Crippen LogP) is 2.39. The Labute approximate surface area is 169 Å². The summed E-state index contributed by atoms with van der Waals surface area (Å²) in [7, 11) is 0. The van der Waals surface area contributed by atoms with E-state index in [0.29, 0.717) is 44.1 Å². The SMILES string of the molecule is C[C@H]1CCN(C(=O)[C@@H]2CCCc3nn(Cc4ccnc(C(F)(F)F)c4F)c(=O)n32)C1. The molecular weight excluding hydrogens is 406 g/mol. The van der Waals surface area contributed by atoms with Gasteiger partial charge in [-0.15, -0.1) is 0 Å². The van der Waals surface area contributed by atoms with Gasteiger partial charge in [0.15, 0.2) is 11.5 Å². The smallest absolute Gasteiger partial charge is 0.341 e. The number of hydrogen-bond donors (Lipinski definition) is 0. The number of halogens is 4. The summed E-state index contributed by atoms with van der Waals surface area (Å²) in [5.74, 6) is -0.880. The molecular formula is C19H21F4N5O2. The second-order valence-corrected chi connectivity index (χ2v) is 7.94. The van der Waals surface area contributed by atoms with Gasteiger partial charge in [-0.25, -0.2) is 18.9 Å². The van der Waals surface area contributed by atoms with Gasteiger partial charge in [-0.2, -0.15) is 18.3 Å². The van der Waals surface area contributed by atoms with Crippen molar-refractivity contribution in [3.63, 3.8) is 0 Å². The molecule has 2 aromatic rings. The summed E-state index contributed by atoms with van der Waals surface area (Å²) in [5, 5.41) is 4.18. The number of carbonyl (C=O) groups excluding carboxylic acids is 1. The molecule has 2 atom stereocenters. The quantitative estimate of drug-likeness (QED) is 0.706. The Balaban J connectivity index is 1.65. The minimum absolute atomic E-state index is 0.142. The highest BCUT2D eigenvalue weighted by Gasteiger charge is 2.38. The lowest BCUT2D eigenvalue weighted by Crippen LogP contribution is -2.41. The first-order chi connectivity index (χ1) is 14.2. The summed E-state index contributed by atoms with van der Waals surface area (Å²) in [6.45, 7) is 2.85. The predicted molar refractivity (Wildman–Crippen MR) is 97.1 cm³/mol. The molecule has 7 nitrogen and oxygen atoms in total. The molecule has 0 bridgehead atoms. The highest BCUT2D eigenvalue weighted by Crippen LogP contribution is 2.31. The molecule has 0 aliphatic carbocycles. The molecule has 30 heavy (non-hydrogen) atoms. The number of carbonyl (C=O) groups is 1. The van der Waals surface area contributed by atoms with Crippen molar-refractivity contribution in [2.45, 2.75) is 51.4 Å². The molecule has 2 aliphatic rings. The lowest BCUT2D eigenvalue weighted by atomic mass is 10.0. The second kappa shape index (κ2) is 7.51. The van der Waals surface area contributed by atoms with Crippen LogP contribution in [0.4, 0.5) is 17.6 Å². The standard InChI is InChI=1S/C19H21F4N5O2/c1-11-6-8-26(9-11)17(29)13-3-2-4-14-25-27(18(30)28(13)14)10-12-5-7-24-16(15(12)20)19(21,22)23/h5,7,11,13H,2-4,6,8-10H2,1H3/t11-,13-/m0/s1. The second-order valence-electron chi connectivity index (χ2n) is 7.94. The van der Waals surface area contributed by atoms with E-state index >= 15 is 0 Å². The summed E-state index contributed by atoms with van der Waals surface area (Å²) in [5.41, 5.74) is -2.60. The molecule has 2 aromatic heterocycles. The van der Waals surface area contributed by atoms with Crippen LogP contribution < -0.4 is 5.69 Å². The molecule has 0 unspecified atom stereocenters. The Hall–Kier alpha value is -2.72. The fourth-order valence-electron chi connectivity index (χ4n) is 4.18. The molecule has 0 aromatic carbocycles. The average molecular weight is 427 g/mol. The van der Waals surface area contributed by atoms with Gasteiger partial charge in [0.05, 0.1) is 6.54 Å². The molecule has 0 saturated carbocycles. The molecule has 162 valence electrons. The van der Waals surface area contributed by atoms with Gasteiger partial charge in [0.1, 0.15) is 11.9 Å². The maximum atomic E-state index is 14.3. The number of hydrogen-bond acceptors (Lipinski definition) is 4. The van der Waals surface area contributed by atoms with Crippen LogP contribution in [0.25, 0.3) is 0 Å². The first-order valence-corrected chi connectivity index (χ1v) is 9.84. The molecule has 1 fully saturated rings. The van der Waals surface area contributed by atoms with Gasteiger partial charge < -0.3 is 4.90 Å². The first kappa shape index (κ1) is 20.5. The molecule has 0 radical (unpaired) electrons. The highest BCUT2D eigenvalue weighted by molar-refractivity contribution is 5.81. The summed E-state index contributed by atoms with van der Waals surface area (Å²) in [4.78, 5) is 30.7. The van der Waals surface area contributed by atoms with E-state index in [1.165, 1.54) is 4.57 Å². The van der Waals surface area contributed by atoms with Crippen molar-refractivity contribution in [3.05, 3.63) is 45.6 Å². The van der Waals surface area contributed by atoms with E-state index in [4.69, 9.17) is 0 Å².